The minimum atomic E-state index is 0.213. The second-order valence-corrected chi connectivity index (χ2v) is 5.53. The highest BCUT2D eigenvalue weighted by Crippen LogP contribution is 2.25. The normalized spacial score (nSPS) is 19.7. The molecule has 0 bridgehead atoms. The number of amides is 1. The Morgan fingerprint density at radius 1 is 1.24 bits per heavy atom. The van der Waals surface area contributed by atoms with Gasteiger partial charge < -0.3 is 10.2 Å². The molecule has 0 aromatic carbocycles. The van der Waals surface area contributed by atoms with E-state index in [1.165, 1.54) is 38.5 Å². The summed E-state index contributed by atoms with van der Waals surface area (Å²) in [7, 11) is 3.63. The van der Waals surface area contributed by atoms with Crippen molar-refractivity contribution >= 4 is 5.91 Å². The molecule has 0 saturated heterocycles. The van der Waals surface area contributed by atoms with Crippen LogP contribution in [0.4, 0.5) is 0 Å². The first kappa shape index (κ1) is 14.5. The molecule has 17 heavy (non-hydrogen) atoms. The fraction of sp³-hybridized carbons (Fsp3) is 0.929. The van der Waals surface area contributed by atoms with Gasteiger partial charge in [0, 0.05) is 33.1 Å². The number of nitrogens with one attached hydrogen (secondary N) is 1. The Labute approximate surface area is 106 Å². The summed E-state index contributed by atoms with van der Waals surface area (Å²) in [5.74, 6) is 1.03. The lowest BCUT2D eigenvalue weighted by Crippen LogP contribution is -2.36. The second kappa shape index (κ2) is 7.70. The molecule has 1 fully saturated rings. The third-order valence-electron chi connectivity index (χ3n) is 3.91. The van der Waals surface area contributed by atoms with Crippen molar-refractivity contribution in [1.29, 1.82) is 0 Å². The molecule has 1 aliphatic rings. The molecule has 0 spiro atoms. The second-order valence-electron chi connectivity index (χ2n) is 5.53. The molecule has 0 unspecified atom stereocenters. The molecule has 0 radical (unpaired) electrons. The average Bonchev–Trinajstić information content (AvgIpc) is 2.57. The maximum Gasteiger partial charge on any atom is 0.223 e. The standard InChI is InChI=1S/C14H28N2O/c1-12(13-8-6-4-5-7-9-13)15-11-10-14(17)16(2)3/h12-13,15H,4-11H2,1-3H3/t12-/m1/s1. The van der Waals surface area contributed by atoms with Crippen molar-refractivity contribution in [1.82, 2.24) is 10.2 Å². The minimum absolute atomic E-state index is 0.213. The van der Waals surface area contributed by atoms with Crippen LogP contribution >= 0.6 is 0 Å². The van der Waals surface area contributed by atoms with Crippen molar-refractivity contribution in [2.24, 2.45) is 5.92 Å². The zero-order valence-electron chi connectivity index (χ0n) is 11.7. The minimum Gasteiger partial charge on any atom is -0.349 e. The summed E-state index contributed by atoms with van der Waals surface area (Å²) < 4.78 is 0. The van der Waals surface area contributed by atoms with Crippen LogP contribution in [0.15, 0.2) is 0 Å². The van der Waals surface area contributed by atoms with Gasteiger partial charge in [-0.05, 0) is 25.7 Å². The zero-order valence-corrected chi connectivity index (χ0v) is 11.7. The predicted octanol–water partition coefficient (Wildman–Crippen LogP) is 2.41. The smallest absolute Gasteiger partial charge is 0.223 e. The van der Waals surface area contributed by atoms with Gasteiger partial charge in [0.05, 0.1) is 0 Å². The molecule has 0 aromatic rings. The summed E-state index contributed by atoms with van der Waals surface area (Å²) in [5, 5.41) is 3.52. The fourth-order valence-electron chi connectivity index (χ4n) is 2.61. The Bertz CT molecular complexity index is 220. The largest absolute Gasteiger partial charge is 0.349 e. The van der Waals surface area contributed by atoms with E-state index >= 15 is 0 Å². The fourth-order valence-corrected chi connectivity index (χ4v) is 2.61. The van der Waals surface area contributed by atoms with Crippen LogP contribution < -0.4 is 5.32 Å². The molecule has 3 heteroatoms. The molecule has 0 heterocycles. The van der Waals surface area contributed by atoms with Crippen molar-refractivity contribution in [3.63, 3.8) is 0 Å². The first-order valence-electron chi connectivity index (χ1n) is 7.05. The summed E-state index contributed by atoms with van der Waals surface area (Å²) in [6.45, 7) is 3.09. The maximum absolute atomic E-state index is 11.4. The summed E-state index contributed by atoms with van der Waals surface area (Å²) in [6, 6.07) is 0.558. The van der Waals surface area contributed by atoms with Gasteiger partial charge in [-0.1, -0.05) is 25.7 Å². The zero-order chi connectivity index (χ0) is 12.7. The van der Waals surface area contributed by atoms with Crippen molar-refractivity contribution in [2.45, 2.75) is 57.9 Å². The van der Waals surface area contributed by atoms with Crippen LogP contribution in [-0.4, -0.2) is 37.5 Å². The molecule has 0 aliphatic heterocycles. The molecule has 1 aliphatic carbocycles. The Balaban J connectivity index is 2.19. The van der Waals surface area contributed by atoms with E-state index in [0.717, 1.165) is 12.5 Å². The summed E-state index contributed by atoms with van der Waals surface area (Å²) in [4.78, 5) is 13.1. The van der Waals surface area contributed by atoms with Gasteiger partial charge in [0.2, 0.25) is 5.91 Å². The Morgan fingerprint density at radius 2 is 1.82 bits per heavy atom. The third kappa shape index (κ3) is 5.53. The van der Waals surface area contributed by atoms with Crippen molar-refractivity contribution in [3.8, 4) is 0 Å². The molecule has 100 valence electrons. The number of carbonyl (C=O) groups excluding carboxylic acids is 1. The molecule has 3 nitrogen and oxygen atoms in total. The van der Waals surface area contributed by atoms with Gasteiger partial charge in [-0.2, -0.15) is 0 Å². The van der Waals surface area contributed by atoms with Crippen LogP contribution in [0.25, 0.3) is 0 Å². The van der Waals surface area contributed by atoms with Crippen LogP contribution in [0.3, 0.4) is 0 Å². The molecule has 1 rings (SSSR count). The van der Waals surface area contributed by atoms with E-state index in [2.05, 4.69) is 12.2 Å². The van der Waals surface area contributed by atoms with Crippen LogP contribution in [0.1, 0.15) is 51.9 Å². The van der Waals surface area contributed by atoms with Crippen LogP contribution in [0, 0.1) is 5.92 Å². The lowest BCUT2D eigenvalue weighted by Gasteiger charge is -2.23. The first-order chi connectivity index (χ1) is 8.11. The van der Waals surface area contributed by atoms with Gasteiger partial charge in [0.1, 0.15) is 0 Å². The lowest BCUT2D eigenvalue weighted by atomic mass is 9.93. The van der Waals surface area contributed by atoms with Gasteiger partial charge in [-0.3, -0.25) is 4.79 Å². The van der Waals surface area contributed by atoms with Gasteiger partial charge in [-0.25, -0.2) is 0 Å². The molecular formula is C14H28N2O. The van der Waals surface area contributed by atoms with Gasteiger partial charge >= 0.3 is 0 Å². The summed E-state index contributed by atoms with van der Waals surface area (Å²) in [5.41, 5.74) is 0. The molecule has 1 saturated carbocycles. The van der Waals surface area contributed by atoms with Crippen LogP contribution in [0.5, 0.6) is 0 Å². The van der Waals surface area contributed by atoms with Crippen molar-refractivity contribution < 1.29 is 4.79 Å². The van der Waals surface area contributed by atoms with Crippen LogP contribution in [-0.2, 0) is 4.79 Å². The molecule has 1 amide bonds. The van der Waals surface area contributed by atoms with Gasteiger partial charge in [0.15, 0.2) is 0 Å². The number of nitrogens with zero attached hydrogens (tertiary/aromatic N) is 1. The quantitative estimate of drug-likeness (QED) is 0.749. The monoisotopic (exact) mass is 240 g/mol. The number of carbonyl (C=O) groups is 1. The van der Waals surface area contributed by atoms with E-state index in [-0.39, 0.29) is 5.91 Å². The van der Waals surface area contributed by atoms with Crippen molar-refractivity contribution in [2.75, 3.05) is 20.6 Å². The van der Waals surface area contributed by atoms with E-state index < -0.39 is 0 Å². The summed E-state index contributed by atoms with van der Waals surface area (Å²) in [6.07, 6.45) is 8.90. The number of hydrogen-bond acceptors (Lipinski definition) is 2. The topological polar surface area (TPSA) is 32.3 Å². The lowest BCUT2D eigenvalue weighted by molar-refractivity contribution is -0.128. The highest BCUT2D eigenvalue weighted by molar-refractivity contribution is 5.75. The number of rotatable bonds is 5. The van der Waals surface area contributed by atoms with E-state index in [1.54, 1.807) is 4.90 Å². The molecule has 1 atom stereocenters. The molecule has 1 N–H and O–H groups in total. The maximum atomic E-state index is 11.4. The summed E-state index contributed by atoms with van der Waals surface area (Å²) >= 11 is 0. The third-order valence-corrected chi connectivity index (χ3v) is 3.91. The first-order valence-corrected chi connectivity index (χ1v) is 7.05. The average molecular weight is 240 g/mol. The molecule has 0 aromatic heterocycles. The Morgan fingerprint density at radius 3 is 2.35 bits per heavy atom. The Kier molecular flexibility index (Phi) is 6.56. The van der Waals surface area contributed by atoms with E-state index in [4.69, 9.17) is 0 Å². The van der Waals surface area contributed by atoms with Crippen molar-refractivity contribution in [3.05, 3.63) is 0 Å². The highest BCUT2D eigenvalue weighted by Gasteiger charge is 2.18. The highest BCUT2D eigenvalue weighted by atomic mass is 16.2. The van der Waals surface area contributed by atoms with Gasteiger partial charge in [0.25, 0.3) is 0 Å². The Hall–Kier alpha value is -0.570. The number of hydrogen-bond donors (Lipinski definition) is 1. The van der Waals surface area contributed by atoms with Gasteiger partial charge in [-0.15, -0.1) is 0 Å². The van der Waals surface area contributed by atoms with Crippen LogP contribution in [0.2, 0.25) is 0 Å². The van der Waals surface area contributed by atoms with E-state index in [1.807, 2.05) is 14.1 Å². The van der Waals surface area contributed by atoms with E-state index in [9.17, 15) is 4.79 Å². The molecular weight excluding hydrogens is 212 g/mol. The predicted molar refractivity (Wildman–Crippen MR) is 72.0 cm³/mol. The van der Waals surface area contributed by atoms with E-state index in [0.29, 0.717) is 12.5 Å². The SMILES string of the molecule is C[C@@H](NCCC(=O)N(C)C)C1CCCCCC1.